The van der Waals surface area contributed by atoms with Gasteiger partial charge in [0, 0.05) is 17.0 Å². The van der Waals surface area contributed by atoms with Crippen LogP contribution < -0.4 is 19.7 Å². The molecule has 0 radical (unpaired) electrons. The SMILES string of the molecule is CC1(C)COC2=C(C1)Nc1c(O)cccc1N(C=O)C2c1ccc(OCc2ccccc2)cc1F.CCc1ccccc1OC(F)(F)F. The molecular formula is C37H36F4N2O5. The van der Waals surface area contributed by atoms with Gasteiger partial charge in [-0.05, 0) is 54.3 Å². The molecule has 0 saturated carbocycles. The highest BCUT2D eigenvalue weighted by Crippen LogP contribution is 2.49. The Balaban J connectivity index is 0.000000292. The fourth-order valence-electron chi connectivity index (χ4n) is 5.60. The molecule has 0 spiro atoms. The second-order valence-corrected chi connectivity index (χ2v) is 12.2. The van der Waals surface area contributed by atoms with Crippen molar-refractivity contribution in [3.8, 4) is 17.2 Å². The van der Waals surface area contributed by atoms with Crippen molar-refractivity contribution in [1.29, 1.82) is 0 Å². The third-order valence-electron chi connectivity index (χ3n) is 7.88. The normalized spacial score (nSPS) is 16.6. The monoisotopic (exact) mass is 664 g/mol. The fraction of sp³-hybridized carbons (Fsp3) is 0.270. The lowest BCUT2D eigenvalue weighted by Gasteiger charge is -2.37. The lowest BCUT2D eigenvalue weighted by Crippen LogP contribution is -2.34. The van der Waals surface area contributed by atoms with E-state index < -0.39 is 18.2 Å². The summed E-state index contributed by atoms with van der Waals surface area (Å²) >= 11 is 0. The van der Waals surface area contributed by atoms with Gasteiger partial charge in [-0.3, -0.25) is 9.69 Å². The molecule has 2 aliphatic rings. The third kappa shape index (κ3) is 8.02. The minimum Gasteiger partial charge on any atom is -0.506 e. The molecule has 0 fully saturated rings. The van der Waals surface area contributed by atoms with Crippen LogP contribution in [0.25, 0.3) is 0 Å². The molecule has 252 valence electrons. The molecule has 1 atom stereocenters. The van der Waals surface area contributed by atoms with E-state index >= 15 is 4.39 Å². The van der Waals surface area contributed by atoms with Crippen LogP contribution in [-0.2, 0) is 22.6 Å². The van der Waals surface area contributed by atoms with Gasteiger partial charge in [0.15, 0.2) is 0 Å². The summed E-state index contributed by atoms with van der Waals surface area (Å²) in [5.41, 5.74) is 3.16. The minimum atomic E-state index is -4.61. The van der Waals surface area contributed by atoms with E-state index in [4.69, 9.17) is 9.47 Å². The summed E-state index contributed by atoms with van der Waals surface area (Å²) in [5.74, 6) is 0.213. The molecule has 2 heterocycles. The van der Waals surface area contributed by atoms with Gasteiger partial charge < -0.3 is 24.6 Å². The number of phenols is 1. The lowest BCUT2D eigenvalue weighted by molar-refractivity contribution is -0.274. The van der Waals surface area contributed by atoms with Gasteiger partial charge in [-0.2, -0.15) is 0 Å². The average Bonchev–Trinajstić information content (AvgIpc) is 3.18. The van der Waals surface area contributed by atoms with Gasteiger partial charge >= 0.3 is 6.36 Å². The Hall–Kier alpha value is -5.19. The van der Waals surface area contributed by atoms with Crippen LogP contribution in [0.4, 0.5) is 28.9 Å². The summed E-state index contributed by atoms with van der Waals surface area (Å²) in [5, 5.41) is 13.8. The minimum absolute atomic E-state index is 0.00429. The summed E-state index contributed by atoms with van der Waals surface area (Å²) in [6.45, 7) is 6.65. The number of nitrogens with zero attached hydrogens (tertiary/aromatic N) is 1. The number of phenolic OH excluding ortho intramolecular Hbond substituents is 1. The van der Waals surface area contributed by atoms with E-state index in [0.717, 1.165) is 5.56 Å². The van der Waals surface area contributed by atoms with Crippen LogP contribution in [0.15, 0.2) is 102 Å². The van der Waals surface area contributed by atoms with Crippen LogP contribution in [0.1, 0.15) is 49.9 Å². The van der Waals surface area contributed by atoms with Gasteiger partial charge in [-0.1, -0.05) is 75.4 Å². The average molecular weight is 665 g/mol. The number of anilines is 2. The maximum atomic E-state index is 15.6. The van der Waals surface area contributed by atoms with Gasteiger partial charge in [0.05, 0.1) is 18.0 Å². The second-order valence-electron chi connectivity index (χ2n) is 12.2. The first-order chi connectivity index (χ1) is 22.9. The van der Waals surface area contributed by atoms with Gasteiger partial charge in [0.2, 0.25) is 6.41 Å². The van der Waals surface area contributed by atoms with Crippen LogP contribution in [-0.4, -0.2) is 24.5 Å². The first-order valence-corrected chi connectivity index (χ1v) is 15.4. The maximum Gasteiger partial charge on any atom is 0.573 e. The Morgan fingerprint density at radius 3 is 2.44 bits per heavy atom. The number of alkyl halides is 3. The number of allylic oxidation sites excluding steroid dienone is 1. The zero-order valence-electron chi connectivity index (χ0n) is 26.7. The Bertz CT molecular complexity index is 1780. The smallest absolute Gasteiger partial charge is 0.506 e. The van der Waals surface area contributed by atoms with E-state index in [9.17, 15) is 23.1 Å². The molecule has 7 nitrogen and oxygen atoms in total. The number of carbonyl (C=O) groups is 1. The van der Waals surface area contributed by atoms with Gasteiger partial charge in [0.1, 0.15) is 47.2 Å². The van der Waals surface area contributed by atoms with Crippen molar-refractivity contribution in [2.24, 2.45) is 5.41 Å². The van der Waals surface area contributed by atoms with Crippen LogP contribution in [0.5, 0.6) is 17.2 Å². The number of halogens is 4. The van der Waals surface area contributed by atoms with Crippen molar-refractivity contribution in [2.75, 3.05) is 16.8 Å². The van der Waals surface area contributed by atoms with E-state index in [1.807, 2.05) is 30.3 Å². The molecule has 1 unspecified atom stereocenters. The van der Waals surface area contributed by atoms with E-state index in [-0.39, 0.29) is 22.5 Å². The number of benzene rings is 4. The molecule has 2 N–H and O–H groups in total. The molecule has 6 rings (SSSR count). The molecule has 4 aromatic rings. The molecular weight excluding hydrogens is 628 g/mol. The number of aryl methyl sites for hydroxylation is 1. The standard InChI is InChI=1S/C28H27FN2O4.C9H9F3O/c1-28(2)14-22-27(35-16-28)26(31(17-32)23-9-6-10-24(33)25(23)30-22)20-12-11-19(13-21(20)29)34-15-18-7-4-3-5-8-18;1-2-7-5-3-4-6-8(7)13-9(10,11)12/h3-13,17,26,30,33H,14-16H2,1-2H3;3-6H,2H2,1H3. The summed E-state index contributed by atoms with van der Waals surface area (Å²) in [6, 6.07) is 24.5. The van der Waals surface area contributed by atoms with E-state index in [2.05, 4.69) is 23.9 Å². The number of aromatic hydroxyl groups is 1. The highest BCUT2D eigenvalue weighted by atomic mass is 19.4. The second kappa shape index (κ2) is 14.3. The van der Waals surface area contributed by atoms with Crippen molar-refractivity contribution >= 4 is 17.8 Å². The van der Waals surface area contributed by atoms with Gasteiger partial charge in [-0.15, -0.1) is 13.2 Å². The number of amides is 1. The molecule has 0 saturated heterocycles. The summed E-state index contributed by atoms with van der Waals surface area (Å²) < 4.78 is 66.9. The Kier molecular flexibility index (Phi) is 10.2. The van der Waals surface area contributed by atoms with Crippen LogP contribution in [0.2, 0.25) is 0 Å². The van der Waals surface area contributed by atoms with E-state index in [0.29, 0.717) is 66.6 Å². The molecule has 0 bridgehead atoms. The molecule has 0 aromatic heterocycles. The predicted octanol–water partition coefficient (Wildman–Crippen LogP) is 9.05. The molecule has 0 aliphatic carbocycles. The van der Waals surface area contributed by atoms with Crippen molar-refractivity contribution in [3.05, 3.63) is 125 Å². The Morgan fingerprint density at radius 1 is 1.02 bits per heavy atom. The zero-order valence-corrected chi connectivity index (χ0v) is 26.7. The largest absolute Gasteiger partial charge is 0.573 e. The highest BCUT2D eigenvalue weighted by Gasteiger charge is 2.40. The predicted molar refractivity (Wildman–Crippen MR) is 174 cm³/mol. The number of rotatable bonds is 7. The summed E-state index contributed by atoms with van der Waals surface area (Å²) in [6.07, 6.45) is -2.83. The first-order valence-electron chi connectivity index (χ1n) is 15.4. The molecule has 2 aliphatic heterocycles. The van der Waals surface area contributed by atoms with Gasteiger partial charge in [-0.25, -0.2) is 4.39 Å². The summed E-state index contributed by atoms with van der Waals surface area (Å²) in [7, 11) is 0. The van der Waals surface area contributed by atoms with Crippen molar-refractivity contribution in [3.63, 3.8) is 0 Å². The fourth-order valence-corrected chi connectivity index (χ4v) is 5.60. The molecule has 1 amide bonds. The number of ether oxygens (including phenoxy) is 3. The summed E-state index contributed by atoms with van der Waals surface area (Å²) in [4.78, 5) is 13.8. The van der Waals surface area contributed by atoms with Crippen LogP contribution in [0, 0.1) is 11.2 Å². The number of hydrogen-bond donors (Lipinski definition) is 2. The number of carbonyl (C=O) groups excluding carboxylic acids is 1. The molecule has 4 aromatic carbocycles. The first kappa shape index (κ1) is 34.2. The van der Waals surface area contributed by atoms with Crippen molar-refractivity contribution in [1.82, 2.24) is 0 Å². The van der Waals surface area contributed by atoms with Crippen molar-refractivity contribution in [2.45, 2.75) is 52.6 Å². The quantitative estimate of drug-likeness (QED) is 0.117. The van der Waals surface area contributed by atoms with E-state index in [1.165, 1.54) is 23.1 Å². The Labute approximate surface area is 276 Å². The molecule has 11 heteroatoms. The Morgan fingerprint density at radius 2 is 1.75 bits per heavy atom. The van der Waals surface area contributed by atoms with E-state index in [1.54, 1.807) is 49.4 Å². The lowest BCUT2D eigenvalue weighted by atomic mass is 9.85. The topological polar surface area (TPSA) is 80.3 Å². The maximum absolute atomic E-state index is 15.6. The zero-order chi connectivity index (χ0) is 34.5. The number of para-hydroxylation sites is 2. The van der Waals surface area contributed by atoms with Gasteiger partial charge in [0.25, 0.3) is 0 Å². The number of hydrogen-bond acceptors (Lipinski definition) is 6. The molecule has 48 heavy (non-hydrogen) atoms. The van der Waals surface area contributed by atoms with Crippen LogP contribution >= 0.6 is 0 Å². The number of fused-ring (bicyclic) bond motifs is 1. The van der Waals surface area contributed by atoms with Crippen LogP contribution in [0.3, 0.4) is 0 Å². The highest BCUT2D eigenvalue weighted by molar-refractivity contribution is 5.90. The van der Waals surface area contributed by atoms with Crippen molar-refractivity contribution < 1.29 is 41.7 Å². The third-order valence-corrected chi connectivity index (χ3v) is 7.88. The number of nitrogens with one attached hydrogen (secondary N) is 1.